The zero-order valence-corrected chi connectivity index (χ0v) is 19.5. The second-order valence-corrected chi connectivity index (χ2v) is 7.99. The van der Waals surface area contributed by atoms with Crippen LogP contribution in [0.2, 0.25) is 5.02 Å². The lowest BCUT2D eigenvalue weighted by Gasteiger charge is -2.13. The average Bonchev–Trinajstić information content (AvgIpc) is 2.77. The van der Waals surface area contributed by atoms with Gasteiger partial charge < -0.3 is 21.1 Å². The number of rotatable bonds is 6. The van der Waals surface area contributed by atoms with E-state index in [0.29, 0.717) is 10.2 Å². The summed E-state index contributed by atoms with van der Waals surface area (Å²) in [5.41, 5.74) is 6.18. The smallest absolute Gasteiger partial charge is 0.326 e. The minimum Gasteiger partial charge on any atom is -0.423 e. The number of nitrogens with zero attached hydrogens (tertiary/aromatic N) is 2. The van der Waals surface area contributed by atoms with E-state index in [1.807, 2.05) is 0 Å². The van der Waals surface area contributed by atoms with Crippen LogP contribution in [-0.2, 0) is 4.79 Å². The van der Waals surface area contributed by atoms with E-state index in [4.69, 9.17) is 22.1 Å². The van der Waals surface area contributed by atoms with Gasteiger partial charge in [-0.25, -0.2) is 14.8 Å². The molecule has 0 saturated heterocycles. The Labute approximate surface area is 202 Å². The van der Waals surface area contributed by atoms with Gasteiger partial charge in [0.25, 0.3) is 5.91 Å². The Hall–Kier alpha value is -3.54. The van der Waals surface area contributed by atoms with Crippen molar-refractivity contribution in [3.05, 3.63) is 69.9 Å². The molecule has 3 aromatic rings. The van der Waals surface area contributed by atoms with Gasteiger partial charge in [0, 0.05) is 18.1 Å². The molecule has 1 atom stereocenters. The van der Waals surface area contributed by atoms with Crippen molar-refractivity contribution in [2.24, 2.45) is 5.73 Å². The number of hydrogen-bond donors (Lipinski definition) is 4. The summed E-state index contributed by atoms with van der Waals surface area (Å²) in [7, 11) is 0. The van der Waals surface area contributed by atoms with Gasteiger partial charge in [0.1, 0.15) is 5.75 Å². The van der Waals surface area contributed by atoms with Crippen LogP contribution in [0.3, 0.4) is 0 Å². The summed E-state index contributed by atoms with van der Waals surface area (Å²) in [6.45, 7) is 1.51. The van der Waals surface area contributed by atoms with E-state index < -0.39 is 23.9 Å². The van der Waals surface area contributed by atoms with Gasteiger partial charge in [-0.1, -0.05) is 23.7 Å². The molecule has 0 radical (unpaired) electrons. The first kappa shape index (κ1) is 24.1. The quantitative estimate of drug-likeness (QED) is 0.375. The molecule has 5 N–H and O–H groups in total. The zero-order valence-electron chi connectivity index (χ0n) is 17.1. The number of hydrogen-bond acceptors (Lipinski definition) is 7. The van der Waals surface area contributed by atoms with Gasteiger partial charge in [0.2, 0.25) is 5.91 Å². The Morgan fingerprint density at radius 2 is 1.79 bits per heavy atom. The number of nitrogens with two attached hydrogens (primary N) is 1. The number of carbonyl (C=O) groups excluding carboxylic acids is 3. The van der Waals surface area contributed by atoms with E-state index in [1.54, 1.807) is 12.1 Å². The minimum atomic E-state index is -0.797. The number of benzene rings is 2. The van der Waals surface area contributed by atoms with Crippen LogP contribution in [0.1, 0.15) is 17.3 Å². The van der Waals surface area contributed by atoms with Crippen molar-refractivity contribution in [2.45, 2.75) is 13.0 Å². The highest BCUT2D eigenvalue weighted by atomic mass is 79.9. The second kappa shape index (κ2) is 10.9. The van der Waals surface area contributed by atoms with Crippen molar-refractivity contribution >= 4 is 56.8 Å². The molecule has 0 unspecified atom stereocenters. The molecule has 3 rings (SSSR count). The van der Waals surface area contributed by atoms with E-state index in [0.717, 1.165) is 0 Å². The maximum atomic E-state index is 12.5. The molecule has 0 saturated carbocycles. The van der Waals surface area contributed by atoms with Crippen LogP contribution in [0.25, 0.3) is 0 Å². The Bertz CT molecular complexity index is 1190. The molecule has 4 amide bonds. The first-order valence-corrected chi connectivity index (χ1v) is 10.6. The summed E-state index contributed by atoms with van der Waals surface area (Å²) in [6, 6.07) is 9.25. The lowest BCUT2D eigenvalue weighted by atomic mass is 10.1. The highest BCUT2D eigenvalue weighted by Crippen LogP contribution is 2.30. The van der Waals surface area contributed by atoms with E-state index >= 15 is 0 Å². The fourth-order valence-corrected chi connectivity index (χ4v) is 2.91. The van der Waals surface area contributed by atoms with E-state index in [2.05, 4.69) is 41.8 Å². The van der Waals surface area contributed by atoms with Crippen molar-refractivity contribution in [1.29, 1.82) is 0 Å². The number of ether oxygens (including phenoxy) is 1. The number of imide groups is 1. The number of carbonyl (C=O) groups is 3. The molecule has 0 aliphatic rings. The molecule has 0 aliphatic carbocycles. The van der Waals surface area contributed by atoms with Crippen molar-refractivity contribution in [1.82, 2.24) is 15.3 Å². The van der Waals surface area contributed by atoms with Crippen LogP contribution in [0.15, 0.2) is 59.3 Å². The Kier molecular flexibility index (Phi) is 7.93. The van der Waals surface area contributed by atoms with Gasteiger partial charge in [0.15, 0.2) is 0 Å². The lowest BCUT2D eigenvalue weighted by Crippen LogP contribution is -2.36. The van der Waals surface area contributed by atoms with Crippen molar-refractivity contribution in [2.75, 3.05) is 10.6 Å². The summed E-state index contributed by atoms with van der Waals surface area (Å²) < 4.78 is 6.20. The number of nitrogens with one attached hydrogen (secondary N) is 3. The third-order valence-electron chi connectivity index (χ3n) is 4.06. The monoisotopic (exact) mass is 532 g/mol. The van der Waals surface area contributed by atoms with E-state index in [1.165, 1.54) is 49.6 Å². The molecule has 0 fully saturated rings. The highest BCUT2D eigenvalue weighted by Gasteiger charge is 2.17. The number of anilines is 2. The molecule has 170 valence electrons. The number of urea groups is 1. The molecule has 12 heteroatoms. The molecule has 0 aliphatic heterocycles. The summed E-state index contributed by atoms with van der Waals surface area (Å²) in [5, 5.41) is 7.44. The molecule has 33 heavy (non-hydrogen) atoms. The Balaban J connectivity index is 1.64. The summed E-state index contributed by atoms with van der Waals surface area (Å²) >= 11 is 9.44. The van der Waals surface area contributed by atoms with Crippen molar-refractivity contribution in [3.63, 3.8) is 0 Å². The van der Waals surface area contributed by atoms with Crippen LogP contribution >= 0.6 is 27.5 Å². The third-order valence-corrected chi connectivity index (χ3v) is 4.76. The maximum Gasteiger partial charge on any atom is 0.326 e. The largest absolute Gasteiger partial charge is 0.423 e. The van der Waals surface area contributed by atoms with E-state index in [-0.39, 0.29) is 28.0 Å². The fourth-order valence-electron chi connectivity index (χ4n) is 2.48. The minimum absolute atomic E-state index is 0.0953. The SMILES string of the molecule is C[C@@H](N)C(=O)Nc1ccccc1C(=O)NC(=O)Nc1ccc(Oc2ncc(Br)cn2)c(Cl)c1. The van der Waals surface area contributed by atoms with E-state index in [9.17, 15) is 14.4 Å². The van der Waals surface area contributed by atoms with Crippen LogP contribution < -0.4 is 26.4 Å². The van der Waals surface area contributed by atoms with Crippen LogP contribution in [-0.4, -0.2) is 33.9 Å². The average molecular weight is 534 g/mol. The van der Waals surface area contributed by atoms with Crippen LogP contribution in [0.5, 0.6) is 11.8 Å². The normalized spacial score (nSPS) is 11.3. The predicted octanol–water partition coefficient (Wildman–Crippen LogP) is 3.93. The molecule has 10 nitrogen and oxygen atoms in total. The topological polar surface area (TPSA) is 148 Å². The fraction of sp³-hybridized carbons (Fsp3) is 0.0952. The summed E-state index contributed by atoms with van der Waals surface area (Å²) in [5.74, 6) is -0.906. The van der Waals surface area contributed by atoms with Crippen molar-refractivity contribution in [3.8, 4) is 11.8 Å². The molecule has 1 aromatic heterocycles. The number of aromatic nitrogens is 2. The van der Waals surface area contributed by atoms with Gasteiger partial charge in [-0.2, -0.15) is 0 Å². The standard InChI is InChI=1S/C21H18BrClN6O4/c1-11(24)18(30)28-16-5-3-2-4-14(16)19(31)29-20(32)27-13-6-7-17(15(23)8-13)33-21-25-9-12(22)10-26-21/h2-11H,24H2,1H3,(H,28,30)(H2,27,29,31,32)/t11-/m1/s1. The molecular formula is C21H18BrClN6O4. The number of para-hydroxylation sites is 1. The lowest BCUT2D eigenvalue weighted by molar-refractivity contribution is -0.117. The maximum absolute atomic E-state index is 12.5. The summed E-state index contributed by atoms with van der Waals surface area (Å²) in [6.07, 6.45) is 3.04. The number of halogens is 2. The Morgan fingerprint density at radius 1 is 1.09 bits per heavy atom. The van der Waals surface area contributed by atoms with Crippen molar-refractivity contribution < 1.29 is 19.1 Å². The molecular weight excluding hydrogens is 516 g/mol. The second-order valence-electron chi connectivity index (χ2n) is 6.66. The number of amides is 4. The Morgan fingerprint density at radius 3 is 2.45 bits per heavy atom. The molecule has 0 bridgehead atoms. The zero-order chi connectivity index (χ0) is 24.0. The van der Waals surface area contributed by atoms with Gasteiger partial charge in [0.05, 0.1) is 26.8 Å². The molecule has 1 heterocycles. The van der Waals surface area contributed by atoms with Gasteiger partial charge in [-0.05, 0) is 53.2 Å². The predicted molar refractivity (Wildman–Crippen MR) is 126 cm³/mol. The van der Waals surface area contributed by atoms with Gasteiger partial charge in [-0.3, -0.25) is 14.9 Å². The molecule has 0 spiro atoms. The van der Waals surface area contributed by atoms with Gasteiger partial charge >= 0.3 is 12.0 Å². The molecule has 2 aromatic carbocycles. The third kappa shape index (κ3) is 6.72. The van der Waals surface area contributed by atoms with Gasteiger partial charge in [-0.15, -0.1) is 0 Å². The highest BCUT2D eigenvalue weighted by molar-refractivity contribution is 9.10. The first-order chi connectivity index (χ1) is 15.7. The first-order valence-electron chi connectivity index (χ1n) is 9.45. The van der Waals surface area contributed by atoms with Crippen LogP contribution in [0.4, 0.5) is 16.2 Å². The summed E-state index contributed by atoms with van der Waals surface area (Å²) in [4.78, 5) is 44.7. The van der Waals surface area contributed by atoms with Crippen LogP contribution in [0, 0.1) is 0 Å².